The van der Waals surface area contributed by atoms with Crippen LogP contribution in [0.15, 0.2) is 24.3 Å². The molecule has 3 rings (SSSR count). The third-order valence-electron chi connectivity index (χ3n) is 3.92. The molecule has 0 aromatic heterocycles. The number of hydrogen-bond acceptors (Lipinski definition) is 2. The van der Waals surface area contributed by atoms with Crippen LogP contribution in [0.25, 0.3) is 0 Å². The number of nitrogens with zero attached hydrogens (tertiary/aromatic N) is 2. The number of hydrogen-bond donors (Lipinski definition) is 0. The highest BCUT2D eigenvalue weighted by atomic mass is 19.4. The second kappa shape index (κ2) is 4.75. The van der Waals surface area contributed by atoms with Crippen molar-refractivity contribution in [2.24, 2.45) is 0 Å². The van der Waals surface area contributed by atoms with E-state index < -0.39 is 23.7 Å². The average Bonchev–Trinajstić information content (AvgIpc) is 2.92. The molecular weight excluding hydrogens is 285 g/mol. The zero-order chi connectivity index (χ0) is 15.2. The van der Waals surface area contributed by atoms with Crippen LogP contribution >= 0.6 is 0 Å². The number of benzene rings is 1. The van der Waals surface area contributed by atoms with E-state index in [1.165, 1.54) is 23.1 Å². The van der Waals surface area contributed by atoms with E-state index in [0.717, 1.165) is 11.0 Å². The van der Waals surface area contributed by atoms with Gasteiger partial charge in [-0.05, 0) is 25.0 Å². The molecule has 1 aromatic carbocycles. The Bertz CT molecular complexity index is 600. The highest BCUT2D eigenvalue weighted by Gasteiger charge is 2.44. The molecule has 0 radical (unpaired) electrons. The molecule has 7 heteroatoms. The zero-order valence-electron chi connectivity index (χ0n) is 11.1. The van der Waals surface area contributed by atoms with Crippen LogP contribution in [0.1, 0.15) is 18.4 Å². The van der Waals surface area contributed by atoms with Gasteiger partial charge in [-0.1, -0.05) is 12.1 Å². The Kier molecular flexibility index (Phi) is 3.15. The van der Waals surface area contributed by atoms with Gasteiger partial charge in [-0.3, -0.25) is 9.59 Å². The number of alkyl halides is 3. The lowest BCUT2D eigenvalue weighted by atomic mass is 10.1. The minimum absolute atomic E-state index is 0.241. The average molecular weight is 298 g/mol. The van der Waals surface area contributed by atoms with E-state index in [1.54, 1.807) is 0 Å². The van der Waals surface area contributed by atoms with Gasteiger partial charge < -0.3 is 9.80 Å². The molecule has 2 amide bonds. The maximum absolute atomic E-state index is 13.1. The Morgan fingerprint density at radius 3 is 2.57 bits per heavy atom. The lowest BCUT2D eigenvalue weighted by Crippen LogP contribution is -2.57. The van der Waals surface area contributed by atoms with E-state index in [1.807, 2.05) is 0 Å². The summed E-state index contributed by atoms with van der Waals surface area (Å²) in [4.78, 5) is 26.9. The number of halogens is 3. The number of carbonyl (C=O) groups is 2. The molecule has 112 valence electrons. The van der Waals surface area contributed by atoms with Crippen LogP contribution in [-0.4, -0.2) is 35.8 Å². The van der Waals surface area contributed by atoms with Crippen LogP contribution in [0.2, 0.25) is 0 Å². The lowest BCUT2D eigenvalue weighted by Gasteiger charge is -2.37. The molecule has 21 heavy (non-hydrogen) atoms. The second-order valence-corrected chi connectivity index (χ2v) is 5.18. The maximum atomic E-state index is 13.1. The van der Waals surface area contributed by atoms with E-state index in [2.05, 4.69) is 0 Å². The first-order valence-corrected chi connectivity index (χ1v) is 6.66. The Morgan fingerprint density at radius 2 is 1.86 bits per heavy atom. The molecule has 2 fully saturated rings. The Balaban J connectivity index is 2.01. The smallest absolute Gasteiger partial charge is 0.329 e. The predicted octanol–water partition coefficient (Wildman–Crippen LogP) is 2.04. The molecule has 0 spiro atoms. The number of piperazine rings is 1. The van der Waals surface area contributed by atoms with Gasteiger partial charge in [-0.25, -0.2) is 0 Å². The number of rotatable bonds is 1. The molecule has 4 nitrogen and oxygen atoms in total. The van der Waals surface area contributed by atoms with Crippen LogP contribution in [0, 0.1) is 0 Å². The first-order chi connectivity index (χ1) is 9.89. The van der Waals surface area contributed by atoms with Crippen LogP contribution in [0.3, 0.4) is 0 Å². The monoisotopic (exact) mass is 298 g/mol. The highest BCUT2D eigenvalue weighted by Crippen LogP contribution is 2.38. The molecule has 2 heterocycles. The molecule has 1 atom stereocenters. The highest BCUT2D eigenvalue weighted by molar-refractivity contribution is 6.07. The Hall–Kier alpha value is -2.05. The van der Waals surface area contributed by atoms with Gasteiger partial charge >= 0.3 is 6.18 Å². The molecule has 1 aromatic rings. The molecule has 2 aliphatic heterocycles. The van der Waals surface area contributed by atoms with E-state index in [-0.39, 0.29) is 18.1 Å². The minimum Gasteiger partial charge on any atom is -0.329 e. The number of para-hydroxylation sites is 1. The van der Waals surface area contributed by atoms with E-state index in [0.29, 0.717) is 19.4 Å². The van der Waals surface area contributed by atoms with E-state index in [4.69, 9.17) is 0 Å². The summed E-state index contributed by atoms with van der Waals surface area (Å²) in [7, 11) is 0. The Labute approximate surface area is 119 Å². The van der Waals surface area contributed by atoms with Gasteiger partial charge in [0.05, 0.1) is 11.3 Å². The lowest BCUT2D eigenvalue weighted by molar-refractivity contribution is -0.142. The number of fused-ring (bicyclic) bond motifs is 1. The van der Waals surface area contributed by atoms with Crippen molar-refractivity contribution in [3.05, 3.63) is 29.8 Å². The fourth-order valence-corrected chi connectivity index (χ4v) is 2.96. The van der Waals surface area contributed by atoms with Crippen molar-refractivity contribution in [1.29, 1.82) is 0 Å². The summed E-state index contributed by atoms with van der Waals surface area (Å²) in [5.41, 5.74) is -1.13. The van der Waals surface area contributed by atoms with Gasteiger partial charge in [0.1, 0.15) is 12.6 Å². The quantitative estimate of drug-likeness (QED) is 0.796. The summed E-state index contributed by atoms with van der Waals surface area (Å²) in [5.74, 6) is -0.724. The van der Waals surface area contributed by atoms with Gasteiger partial charge in [0.2, 0.25) is 11.8 Å². The predicted molar refractivity (Wildman–Crippen MR) is 68.5 cm³/mol. The van der Waals surface area contributed by atoms with Crippen molar-refractivity contribution in [3.8, 4) is 0 Å². The van der Waals surface area contributed by atoms with Gasteiger partial charge in [-0.15, -0.1) is 0 Å². The summed E-state index contributed by atoms with van der Waals surface area (Å²) in [5, 5.41) is 0. The summed E-state index contributed by atoms with van der Waals surface area (Å²) >= 11 is 0. The molecule has 2 aliphatic rings. The standard InChI is InChI=1S/C14H13F3N2O2/c15-14(16,17)9-4-1-2-5-10(9)19-8-12(20)18-7-3-6-11(18)13(19)21/h1-2,4-5,11H,3,6-8H2. The maximum Gasteiger partial charge on any atom is 0.418 e. The summed E-state index contributed by atoms with van der Waals surface area (Å²) < 4.78 is 39.2. The number of amides is 2. The SMILES string of the molecule is O=C1C2CCCN2C(=O)CN1c1ccccc1C(F)(F)F. The van der Waals surface area contributed by atoms with Gasteiger partial charge in [0, 0.05) is 6.54 Å². The molecule has 0 bridgehead atoms. The fourth-order valence-electron chi connectivity index (χ4n) is 2.96. The summed E-state index contributed by atoms with van der Waals surface area (Å²) in [6, 6.07) is 4.24. The first kappa shape index (κ1) is 13.9. The van der Waals surface area contributed by atoms with Crippen molar-refractivity contribution >= 4 is 17.5 Å². The molecule has 1 unspecified atom stereocenters. The van der Waals surface area contributed by atoms with Gasteiger partial charge in [0.15, 0.2) is 0 Å². The Morgan fingerprint density at radius 1 is 1.14 bits per heavy atom. The summed E-state index contributed by atoms with van der Waals surface area (Å²) in [6.07, 6.45) is -3.35. The molecule has 0 aliphatic carbocycles. The largest absolute Gasteiger partial charge is 0.418 e. The van der Waals surface area contributed by atoms with Crippen molar-refractivity contribution < 1.29 is 22.8 Å². The van der Waals surface area contributed by atoms with Crippen molar-refractivity contribution in [2.75, 3.05) is 18.0 Å². The first-order valence-electron chi connectivity index (χ1n) is 6.66. The number of anilines is 1. The van der Waals surface area contributed by atoms with E-state index >= 15 is 0 Å². The van der Waals surface area contributed by atoms with Crippen molar-refractivity contribution in [2.45, 2.75) is 25.1 Å². The van der Waals surface area contributed by atoms with Crippen LogP contribution < -0.4 is 4.90 Å². The van der Waals surface area contributed by atoms with Crippen LogP contribution in [-0.2, 0) is 15.8 Å². The second-order valence-electron chi connectivity index (χ2n) is 5.18. The van der Waals surface area contributed by atoms with Crippen molar-refractivity contribution in [1.82, 2.24) is 4.90 Å². The van der Waals surface area contributed by atoms with E-state index in [9.17, 15) is 22.8 Å². The molecule has 0 N–H and O–H groups in total. The van der Waals surface area contributed by atoms with Crippen molar-refractivity contribution in [3.63, 3.8) is 0 Å². The topological polar surface area (TPSA) is 40.6 Å². The van der Waals surface area contributed by atoms with Crippen LogP contribution in [0.5, 0.6) is 0 Å². The fraction of sp³-hybridized carbons (Fsp3) is 0.429. The normalized spacial score (nSPS) is 22.7. The summed E-state index contributed by atoms with van der Waals surface area (Å²) in [6.45, 7) is 0.173. The third kappa shape index (κ3) is 2.26. The third-order valence-corrected chi connectivity index (χ3v) is 3.92. The van der Waals surface area contributed by atoms with Gasteiger partial charge in [-0.2, -0.15) is 13.2 Å². The molecular formula is C14H13F3N2O2. The molecule has 2 saturated heterocycles. The molecule has 0 saturated carbocycles. The minimum atomic E-state index is -4.56. The van der Waals surface area contributed by atoms with Crippen LogP contribution in [0.4, 0.5) is 18.9 Å². The van der Waals surface area contributed by atoms with Gasteiger partial charge in [0.25, 0.3) is 0 Å². The zero-order valence-corrected chi connectivity index (χ0v) is 11.1. The number of carbonyl (C=O) groups excluding carboxylic acids is 2.